The number of thiophene rings is 1. The minimum absolute atomic E-state index is 0.346. The van der Waals surface area contributed by atoms with Crippen LogP contribution in [-0.2, 0) is 17.8 Å². The maximum Gasteiger partial charge on any atom is 0.328 e. The Morgan fingerprint density at radius 3 is 2.68 bits per heavy atom. The largest absolute Gasteiger partial charge is 0.480 e. The van der Waals surface area contributed by atoms with Crippen molar-refractivity contribution in [2.24, 2.45) is 0 Å². The summed E-state index contributed by atoms with van der Waals surface area (Å²) in [4.78, 5) is 23.4. The van der Waals surface area contributed by atoms with Crippen molar-refractivity contribution in [1.82, 2.24) is 10.6 Å². The second-order valence-electron chi connectivity index (χ2n) is 4.11. The van der Waals surface area contributed by atoms with Gasteiger partial charge in [-0.05, 0) is 30.4 Å². The van der Waals surface area contributed by atoms with Crippen molar-refractivity contribution in [3.63, 3.8) is 0 Å². The van der Waals surface area contributed by atoms with E-state index in [1.807, 2.05) is 18.4 Å². The molecule has 106 valence electrons. The summed E-state index contributed by atoms with van der Waals surface area (Å²) in [6, 6.07) is 0.0767. The van der Waals surface area contributed by atoms with Crippen LogP contribution in [0.2, 0.25) is 0 Å². The molecule has 0 aliphatic rings. The number of nitrogens with one attached hydrogen (secondary N) is 2. The van der Waals surface area contributed by atoms with E-state index in [0.29, 0.717) is 6.54 Å². The third-order valence-electron chi connectivity index (χ3n) is 2.66. The van der Waals surface area contributed by atoms with Crippen LogP contribution in [0, 0.1) is 0 Å². The molecule has 4 N–H and O–H groups in total. The SMILES string of the molecule is CCc1ccsc1CNC(=O)N[C@H](C(=O)O)[C@@H](C)O. The predicted molar refractivity (Wildman–Crippen MR) is 72.2 cm³/mol. The smallest absolute Gasteiger partial charge is 0.328 e. The second-order valence-corrected chi connectivity index (χ2v) is 5.11. The van der Waals surface area contributed by atoms with E-state index in [2.05, 4.69) is 10.6 Å². The Bertz CT molecular complexity index is 445. The zero-order valence-corrected chi connectivity index (χ0v) is 11.7. The van der Waals surface area contributed by atoms with Crippen LogP contribution in [0.15, 0.2) is 11.4 Å². The van der Waals surface area contributed by atoms with Gasteiger partial charge in [0.05, 0.1) is 12.6 Å². The van der Waals surface area contributed by atoms with Crippen LogP contribution >= 0.6 is 11.3 Å². The Morgan fingerprint density at radius 1 is 1.47 bits per heavy atom. The highest BCUT2D eigenvalue weighted by molar-refractivity contribution is 7.10. The Balaban J connectivity index is 2.49. The predicted octanol–water partition coefficient (Wildman–Crippen LogP) is 0.944. The van der Waals surface area contributed by atoms with Gasteiger partial charge < -0.3 is 20.8 Å². The van der Waals surface area contributed by atoms with Crippen molar-refractivity contribution in [3.8, 4) is 0 Å². The molecule has 0 spiro atoms. The van der Waals surface area contributed by atoms with Gasteiger partial charge in [0.15, 0.2) is 6.04 Å². The number of aliphatic hydroxyl groups is 1. The van der Waals surface area contributed by atoms with Crippen molar-refractivity contribution in [2.45, 2.75) is 39.0 Å². The maximum absolute atomic E-state index is 11.6. The molecule has 0 fully saturated rings. The molecule has 7 heteroatoms. The van der Waals surface area contributed by atoms with E-state index in [4.69, 9.17) is 5.11 Å². The van der Waals surface area contributed by atoms with Gasteiger partial charge in [-0.2, -0.15) is 0 Å². The van der Waals surface area contributed by atoms with Crippen molar-refractivity contribution in [2.75, 3.05) is 0 Å². The summed E-state index contributed by atoms with van der Waals surface area (Å²) in [5, 5.41) is 24.8. The van der Waals surface area contributed by atoms with E-state index in [9.17, 15) is 14.7 Å². The molecule has 0 aromatic carbocycles. The Morgan fingerprint density at radius 2 is 2.16 bits per heavy atom. The van der Waals surface area contributed by atoms with Crippen LogP contribution in [-0.4, -0.2) is 34.4 Å². The summed E-state index contributed by atoms with van der Waals surface area (Å²) in [5.41, 5.74) is 1.16. The van der Waals surface area contributed by atoms with Gasteiger partial charge in [-0.15, -0.1) is 11.3 Å². The van der Waals surface area contributed by atoms with Gasteiger partial charge in [0.2, 0.25) is 0 Å². The molecule has 0 bridgehead atoms. The van der Waals surface area contributed by atoms with Gasteiger partial charge in [0.25, 0.3) is 0 Å². The molecule has 6 nitrogen and oxygen atoms in total. The lowest BCUT2D eigenvalue weighted by Crippen LogP contribution is -2.50. The molecule has 0 aliphatic carbocycles. The van der Waals surface area contributed by atoms with E-state index in [-0.39, 0.29) is 0 Å². The number of hydrogen-bond acceptors (Lipinski definition) is 4. The molecule has 0 unspecified atom stereocenters. The van der Waals surface area contributed by atoms with Crippen molar-refractivity contribution < 1.29 is 19.8 Å². The summed E-state index contributed by atoms with van der Waals surface area (Å²) >= 11 is 1.54. The number of carbonyl (C=O) groups excluding carboxylic acids is 1. The van der Waals surface area contributed by atoms with Crippen LogP contribution in [0.3, 0.4) is 0 Å². The molecule has 0 saturated carbocycles. The topological polar surface area (TPSA) is 98.7 Å². The third-order valence-corrected chi connectivity index (χ3v) is 3.63. The number of aryl methyl sites for hydroxylation is 1. The lowest BCUT2D eigenvalue weighted by Gasteiger charge is -2.17. The van der Waals surface area contributed by atoms with E-state index in [0.717, 1.165) is 16.9 Å². The number of urea groups is 1. The molecular formula is C12H18N2O4S. The lowest BCUT2D eigenvalue weighted by atomic mass is 10.2. The highest BCUT2D eigenvalue weighted by Crippen LogP contribution is 2.16. The highest BCUT2D eigenvalue weighted by Gasteiger charge is 2.24. The van der Waals surface area contributed by atoms with Gasteiger partial charge in [-0.25, -0.2) is 9.59 Å². The van der Waals surface area contributed by atoms with Gasteiger partial charge in [0, 0.05) is 4.88 Å². The van der Waals surface area contributed by atoms with Crippen LogP contribution in [0.4, 0.5) is 4.79 Å². The summed E-state index contributed by atoms with van der Waals surface area (Å²) in [6.07, 6.45) is -0.274. The fraction of sp³-hybridized carbons (Fsp3) is 0.500. The molecule has 2 amide bonds. The molecule has 2 atom stereocenters. The van der Waals surface area contributed by atoms with Crippen molar-refractivity contribution >= 4 is 23.3 Å². The van der Waals surface area contributed by atoms with E-state index in [1.54, 1.807) is 0 Å². The number of aliphatic carboxylic acids is 1. The minimum Gasteiger partial charge on any atom is -0.480 e. The quantitative estimate of drug-likeness (QED) is 0.625. The first-order chi connectivity index (χ1) is 8.95. The maximum atomic E-state index is 11.6. The molecule has 1 rings (SSSR count). The first kappa shape index (κ1) is 15.5. The van der Waals surface area contributed by atoms with Crippen LogP contribution in [0.1, 0.15) is 24.3 Å². The standard InChI is InChI=1S/C12H18N2O4S/c1-3-8-4-5-19-9(8)6-13-12(18)14-10(7(2)15)11(16)17/h4-5,7,10,15H,3,6H2,1-2H3,(H,16,17)(H2,13,14,18)/t7-,10+/m1/s1. The Hall–Kier alpha value is -1.60. The molecule has 1 aromatic heterocycles. The number of carbonyl (C=O) groups is 2. The number of aliphatic hydroxyl groups excluding tert-OH is 1. The minimum atomic E-state index is -1.31. The fourth-order valence-corrected chi connectivity index (χ4v) is 2.49. The molecule has 1 heterocycles. The van der Waals surface area contributed by atoms with Crippen LogP contribution < -0.4 is 10.6 Å². The number of amides is 2. The molecule has 0 saturated heterocycles. The summed E-state index contributed by atoms with van der Waals surface area (Å²) in [6.45, 7) is 3.69. The second kappa shape index (κ2) is 7.10. The Kier molecular flexibility index (Phi) is 5.78. The monoisotopic (exact) mass is 286 g/mol. The van der Waals surface area contributed by atoms with E-state index in [1.165, 1.54) is 18.3 Å². The van der Waals surface area contributed by atoms with Gasteiger partial charge in [-0.3, -0.25) is 0 Å². The zero-order valence-electron chi connectivity index (χ0n) is 10.8. The van der Waals surface area contributed by atoms with Crippen molar-refractivity contribution in [1.29, 1.82) is 0 Å². The first-order valence-electron chi connectivity index (χ1n) is 5.96. The fourth-order valence-electron chi connectivity index (χ4n) is 1.58. The molecule has 0 radical (unpaired) electrons. The van der Waals surface area contributed by atoms with E-state index < -0.39 is 24.1 Å². The van der Waals surface area contributed by atoms with Gasteiger partial charge in [0.1, 0.15) is 0 Å². The molecular weight excluding hydrogens is 268 g/mol. The van der Waals surface area contributed by atoms with Gasteiger partial charge in [-0.1, -0.05) is 6.92 Å². The number of carboxylic acid groups (broad SMARTS) is 1. The third kappa shape index (κ3) is 4.53. The lowest BCUT2D eigenvalue weighted by molar-refractivity contribution is -0.141. The summed E-state index contributed by atoms with van der Waals surface area (Å²) in [7, 11) is 0. The van der Waals surface area contributed by atoms with Gasteiger partial charge >= 0.3 is 12.0 Å². The molecule has 1 aromatic rings. The first-order valence-corrected chi connectivity index (χ1v) is 6.84. The Labute approximate surface area is 115 Å². The van der Waals surface area contributed by atoms with Crippen LogP contribution in [0.5, 0.6) is 0 Å². The number of carboxylic acids is 1. The number of rotatable bonds is 6. The summed E-state index contributed by atoms with van der Waals surface area (Å²) in [5.74, 6) is -1.27. The van der Waals surface area contributed by atoms with Crippen LogP contribution in [0.25, 0.3) is 0 Å². The van der Waals surface area contributed by atoms with Crippen molar-refractivity contribution in [3.05, 3.63) is 21.9 Å². The van der Waals surface area contributed by atoms with E-state index >= 15 is 0 Å². The highest BCUT2D eigenvalue weighted by atomic mass is 32.1. The molecule has 0 aliphatic heterocycles. The number of hydrogen-bond donors (Lipinski definition) is 4. The zero-order chi connectivity index (χ0) is 14.4. The average Bonchev–Trinajstić information content (AvgIpc) is 2.79. The summed E-state index contributed by atoms with van der Waals surface area (Å²) < 4.78 is 0. The molecule has 19 heavy (non-hydrogen) atoms. The normalized spacial score (nSPS) is 13.6. The average molecular weight is 286 g/mol.